The van der Waals surface area contributed by atoms with Crippen LogP contribution in [0.1, 0.15) is 18.4 Å². The van der Waals surface area contributed by atoms with Gasteiger partial charge >= 0.3 is 0 Å². The van der Waals surface area contributed by atoms with Crippen molar-refractivity contribution < 1.29 is 0 Å². The van der Waals surface area contributed by atoms with Gasteiger partial charge in [0.15, 0.2) is 0 Å². The molecule has 17 heavy (non-hydrogen) atoms. The van der Waals surface area contributed by atoms with E-state index < -0.39 is 0 Å². The molecule has 1 saturated heterocycles. The summed E-state index contributed by atoms with van der Waals surface area (Å²) in [6.45, 7) is 2.18. The number of nitriles is 1. The second-order valence-electron chi connectivity index (χ2n) is 4.55. The average Bonchev–Trinajstić information content (AvgIpc) is 2.31. The second-order valence-corrected chi connectivity index (χ2v) is 4.98. The smallest absolute Gasteiger partial charge is 0.101 e. The average molecular weight is 250 g/mol. The second kappa shape index (κ2) is 5.39. The Labute approximate surface area is 107 Å². The molecule has 1 fully saturated rings. The van der Waals surface area contributed by atoms with Crippen molar-refractivity contribution in [2.24, 2.45) is 0 Å². The number of benzene rings is 1. The number of halogens is 1. The van der Waals surface area contributed by atoms with E-state index in [1.165, 1.54) is 6.42 Å². The molecule has 90 valence electrons. The van der Waals surface area contributed by atoms with Gasteiger partial charge in [-0.25, -0.2) is 0 Å². The summed E-state index contributed by atoms with van der Waals surface area (Å²) in [5, 5.41) is 13.1. The fourth-order valence-corrected chi connectivity index (χ4v) is 2.41. The van der Waals surface area contributed by atoms with Crippen LogP contribution in [0.2, 0.25) is 5.02 Å². The molecule has 0 spiro atoms. The van der Waals surface area contributed by atoms with Crippen LogP contribution in [0.3, 0.4) is 0 Å². The number of hydrogen-bond acceptors (Lipinski definition) is 3. The van der Waals surface area contributed by atoms with Crippen molar-refractivity contribution in [3.05, 3.63) is 28.8 Å². The Morgan fingerprint density at radius 2 is 2.35 bits per heavy atom. The Kier molecular flexibility index (Phi) is 3.88. The van der Waals surface area contributed by atoms with E-state index in [2.05, 4.69) is 23.3 Å². The Bertz CT molecular complexity index is 439. The highest BCUT2D eigenvalue weighted by Crippen LogP contribution is 2.22. The molecular formula is C13H16ClN3. The first-order chi connectivity index (χ1) is 8.19. The quantitative estimate of drug-likeness (QED) is 0.876. The molecule has 0 bridgehead atoms. The maximum absolute atomic E-state index is 9.07. The van der Waals surface area contributed by atoms with Gasteiger partial charge in [0, 0.05) is 17.6 Å². The number of likely N-dealkylation sites (N-methyl/N-ethyl adjacent to an activating group) is 1. The molecule has 1 aliphatic heterocycles. The maximum atomic E-state index is 9.07. The van der Waals surface area contributed by atoms with Gasteiger partial charge in [-0.2, -0.15) is 5.26 Å². The zero-order chi connectivity index (χ0) is 12.3. The summed E-state index contributed by atoms with van der Waals surface area (Å²) in [6.07, 6.45) is 2.35. The molecule has 0 amide bonds. The van der Waals surface area contributed by atoms with Crippen LogP contribution in [-0.2, 0) is 0 Å². The molecule has 0 saturated carbocycles. The van der Waals surface area contributed by atoms with Gasteiger partial charge in [0.25, 0.3) is 0 Å². The fourth-order valence-electron chi connectivity index (χ4n) is 2.24. The number of rotatable bonds is 2. The molecule has 0 radical (unpaired) electrons. The summed E-state index contributed by atoms with van der Waals surface area (Å²) in [5.41, 5.74) is 1.50. The van der Waals surface area contributed by atoms with E-state index in [1.807, 2.05) is 12.1 Å². The zero-order valence-electron chi connectivity index (χ0n) is 9.91. The van der Waals surface area contributed by atoms with E-state index in [-0.39, 0.29) is 0 Å². The van der Waals surface area contributed by atoms with E-state index in [0.29, 0.717) is 16.6 Å². The lowest BCUT2D eigenvalue weighted by atomic mass is 10.1. The standard InChI is InChI=1S/C13H16ClN3/c1-17-6-2-3-12(9-17)16-13-5-4-11(14)7-10(13)8-15/h4-5,7,12,16H,2-3,6,9H2,1H3. The molecule has 1 heterocycles. The summed E-state index contributed by atoms with van der Waals surface area (Å²) in [7, 11) is 2.13. The van der Waals surface area contributed by atoms with Crippen LogP contribution in [0.25, 0.3) is 0 Å². The van der Waals surface area contributed by atoms with E-state index in [0.717, 1.165) is 25.2 Å². The van der Waals surface area contributed by atoms with Gasteiger partial charge in [0.05, 0.1) is 11.3 Å². The first-order valence-corrected chi connectivity index (χ1v) is 6.21. The van der Waals surface area contributed by atoms with Crippen molar-refractivity contribution in [1.82, 2.24) is 4.90 Å². The third-order valence-corrected chi connectivity index (χ3v) is 3.32. The number of piperidine rings is 1. The fraction of sp³-hybridized carbons (Fsp3) is 0.462. The zero-order valence-corrected chi connectivity index (χ0v) is 10.7. The highest BCUT2D eigenvalue weighted by atomic mass is 35.5. The summed E-state index contributed by atoms with van der Waals surface area (Å²) in [6, 6.07) is 8.00. The normalized spacial score (nSPS) is 20.9. The third kappa shape index (κ3) is 3.12. The SMILES string of the molecule is CN1CCCC(Nc2ccc(Cl)cc2C#N)C1. The molecule has 4 heteroatoms. The minimum atomic E-state index is 0.419. The van der Waals surface area contributed by atoms with Crippen molar-refractivity contribution in [3.8, 4) is 6.07 Å². The van der Waals surface area contributed by atoms with Gasteiger partial charge in [0.2, 0.25) is 0 Å². The Morgan fingerprint density at radius 1 is 1.53 bits per heavy atom. The molecule has 1 unspecified atom stereocenters. The van der Waals surface area contributed by atoms with Gasteiger partial charge in [-0.1, -0.05) is 11.6 Å². The van der Waals surface area contributed by atoms with Gasteiger partial charge < -0.3 is 10.2 Å². The van der Waals surface area contributed by atoms with Gasteiger partial charge in [-0.3, -0.25) is 0 Å². The van der Waals surface area contributed by atoms with Crippen molar-refractivity contribution >= 4 is 17.3 Å². The van der Waals surface area contributed by atoms with Crippen molar-refractivity contribution in [1.29, 1.82) is 5.26 Å². The van der Waals surface area contributed by atoms with Crippen LogP contribution in [0.4, 0.5) is 5.69 Å². The van der Waals surface area contributed by atoms with Crippen LogP contribution in [0, 0.1) is 11.3 Å². The minimum Gasteiger partial charge on any atom is -0.380 e. The van der Waals surface area contributed by atoms with Crippen molar-refractivity contribution in [3.63, 3.8) is 0 Å². The molecule has 2 rings (SSSR count). The summed E-state index contributed by atoms with van der Waals surface area (Å²) in [5.74, 6) is 0. The Morgan fingerprint density at radius 3 is 3.06 bits per heavy atom. The Balaban J connectivity index is 2.10. The summed E-state index contributed by atoms with van der Waals surface area (Å²) < 4.78 is 0. The van der Waals surface area contributed by atoms with Crippen molar-refractivity contribution in [2.45, 2.75) is 18.9 Å². The molecule has 1 aromatic rings. The lowest BCUT2D eigenvalue weighted by Gasteiger charge is -2.31. The Hall–Kier alpha value is -1.24. The first-order valence-electron chi connectivity index (χ1n) is 5.84. The third-order valence-electron chi connectivity index (χ3n) is 3.09. The molecular weight excluding hydrogens is 234 g/mol. The number of hydrogen-bond donors (Lipinski definition) is 1. The minimum absolute atomic E-state index is 0.419. The molecule has 1 N–H and O–H groups in total. The van der Waals surface area contributed by atoms with Crippen LogP contribution >= 0.6 is 11.6 Å². The lowest BCUT2D eigenvalue weighted by molar-refractivity contribution is 0.261. The van der Waals surface area contributed by atoms with Gasteiger partial charge in [-0.15, -0.1) is 0 Å². The monoisotopic (exact) mass is 249 g/mol. The summed E-state index contributed by atoms with van der Waals surface area (Å²) >= 11 is 5.87. The van der Waals surface area contributed by atoms with Crippen molar-refractivity contribution in [2.75, 3.05) is 25.5 Å². The molecule has 1 aromatic carbocycles. The molecule has 0 aromatic heterocycles. The molecule has 0 aliphatic carbocycles. The highest BCUT2D eigenvalue weighted by Gasteiger charge is 2.17. The van der Waals surface area contributed by atoms with E-state index in [1.54, 1.807) is 6.07 Å². The topological polar surface area (TPSA) is 39.1 Å². The molecule has 1 atom stereocenters. The molecule has 1 aliphatic rings. The van der Waals surface area contributed by atoms with Gasteiger partial charge in [-0.05, 0) is 44.6 Å². The number of nitrogens with one attached hydrogen (secondary N) is 1. The highest BCUT2D eigenvalue weighted by molar-refractivity contribution is 6.30. The van der Waals surface area contributed by atoms with Crippen LogP contribution in [0.15, 0.2) is 18.2 Å². The van der Waals surface area contributed by atoms with Crippen LogP contribution < -0.4 is 5.32 Å². The maximum Gasteiger partial charge on any atom is 0.101 e. The van der Waals surface area contributed by atoms with Crippen LogP contribution in [-0.4, -0.2) is 31.1 Å². The largest absolute Gasteiger partial charge is 0.380 e. The number of anilines is 1. The predicted octanol–water partition coefficient (Wildman–Crippen LogP) is 2.72. The number of likely N-dealkylation sites (tertiary alicyclic amines) is 1. The summed E-state index contributed by atoms with van der Waals surface area (Å²) in [4.78, 5) is 2.31. The lowest BCUT2D eigenvalue weighted by Crippen LogP contribution is -2.39. The predicted molar refractivity (Wildman–Crippen MR) is 70.3 cm³/mol. The van der Waals surface area contributed by atoms with E-state index in [4.69, 9.17) is 16.9 Å². The van der Waals surface area contributed by atoms with Gasteiger partial charge in [0.1, 0.15) is 6.07 Å². The number of nitrogens with zero attached hydrogens (tertiary/aromatic N) is 2. The van der Waals surface area contributed by atoms with E-state index >= 15 is 0 Å². The first kappa shape index (κ1) is 12.2. The molecule has 3 nitrogen and oxygen atoms in total. The van der Waals surface area contributed by atoms with E-state index in [9.17, 15) is 0 Å². The van der Waals surface area contributed by atoms with Crippen LogP contribution in [0.5, 0.6) is 0 Å².